The van der Waals surface area contributed by atoms with E-state index in [1.54, 1.807) is 0 Å². The molecule has 0 radical (unpaired) electrons. The summed E-state index contributed by atoms with van der Waals surface area (Å²) in [6.07, 6.45) is 5.22. The van der Waals surface area contributed by atoms with E-state index in [1.807, 2.05) is 36.2 Å². The Labute approximate surface area is 132 Å². The van der Waals surface area contributed by atoms with E-state index >= 15 is 0 Å². The van der Waals surface area contributed by atoms with Crippen molar-refractivity contribution >= 4 is 23.1 Å². The van der Waals surface area contributed by atoms with Crippen molar-refractivity contribution < 1.29 is 4.79 Å². The first-order valence-corrected chi connectivity index (χ1v) is 8.02. The fourth-order valence-electron chi connectivity index (χ4n) is 3.04. The Morgan fingerprint density at radius 2 is 2.00 bits per heavy atom. The van der Waals surface area contributed by atoms with E-state index in [9.17, 15) is 4.79 Å². The quantitative estimate of drug-likeness (QED) is 0.870. The summed E-state index contributed by atoms with van der Waals surface area (Å²) in [6.45, 7) is 2.28. The Morgan fingerprint density at radius 1 is 1.33 bits per heavy atom. The summed E-state index contributed by atoms with van der Waals surface area (Å²) in [4.78, 5) is 14.7. The van der Waals surface area contributed by atoms with E-state index in [0.29, 0.717) is 17.5 Å². The molecular formula is C17H24N2OS. The number of thiocarbonyl (C=S) groups is 1. The maximum Gasteiger partial charge on any atom is 0.226 e. The number of nitrogens with zero attached hydrogens (tertiary/aromatic N) is 1. The molecule has 1 aliphatic carbocycles. The fraction of sp³-hybridized carbons (Fsp3) is 0.529. The van der Waals surface area contributed by atoms with Crippen LogP contribution in [0.15, 0.2) is 24.3 Å². The van der Waals surface area contributed by atoms with Crippen LogP contribution < -0.4 is 5.73 Å². The first kappa shape index (κ1) is 16.0. The average molecular weight is 304 g/mol. The number of carbonyl (C=O) groups excluding carboxylic acids is 1. The first-order chi connectivity index (χ1) is 9.97. The molecular weight excluding hydrogens is 280 g/mol. The third-order valence-electron chi connectivity index (χ3n) is 4.44. The molecule has 1 aliphatic rings. The lowest BCUT2D eigenvalue weighted by Gasteiger charge is -2.34. The van der Waals surface area contributed by atoms with Gasteiger partial charge in [-0.25, -0.2) is 0 Å². The van der Waals surface area contributed by atoms with E-state index in [1.165, 1.54) is 12.8 Å². The van der Waals surface area contributed by atoms with Gasteiger partial charge in [0.15, 0.2) is 0 Å². The highest BCUT2D eigenvalue weighted by Gasteiger charge is 2.25. The molecule has 3 nitrogen and oxygen atoms in total. The molecule has 1 aromatic carbocycles. The van der Waals surface area contributed by atoms with Gasteiger partial charge in [0.1, 0.15) is 4.99 Å². The van der Waals surface area contributed by atoms with Crippen LogP contribution in [0.1, 0.15) is 43.7 Å². The predicted octanol–water partition coefficient (Wildman–Crippen LogP) is 2.90. The lowest BCUT2D eigenvalue weighted by molar-refractivity contribution is -0.132. The highest BCUT2D eigenvalue weighted by atomic mass is 32.1. The Morgan fingerprint density at radius 3 is 2.57 bits per heavy atom. The second kappa shape index (κ2) is 7.03. The van der Waals surface area contributed by atoms with Crippen LogP contribution in [-0.2, 0) is 11.2 Å². The smallest absolute Gasteiger partial charge is 0.226 e. The maximum atomic E-state index is 12.4. The largest absolute Gasteiger partial charge is 0.389 e. The normalized spacial score (nSPS) is 21.8. The molecule has 2 N–H and O–H groups in total. The summed E-state index contributed by atoms with van der Waals surface area (Å²) >= 11 is 4.93. The van der Waals surface area contributed by atoms with Gasteiger partial charge in [0.2, 0.25) is 5.91 Å². The average Bonchev–Trinajstić information content (AvgIpc) is 2.47. The van der Waals surface area contributed by atoms with Gasteiger partial charge in [0.05, 0.1) is 6.42 Å². The van der Waals surface area contributed by atoms with Gasteiger partial charge >= 0.3 is 0 Å². The van der Waals surface area contributed by atoms with Crippen LogP contribution in [0.2, 0.25) is 0 Å². The van der Waals surface area contributed by atoms with Crippen LogP contribution in [0.5, 0.6) is 0 Å². The molecule has 1 amide bonds. The minimum Gasteiger partial charge on any atom is -0.389 e. The zero-order valence-electron chi connectivity index (χ0n) is 12.8. The molecule has 0 aromatic heterocycles. The molecule has 2 atom stereocenters. The van der Waals surface area contributed by atoms with Crippen LogP contribution in [-0.4, -0.2) is 28.9 Å². The molecule has 1 aromatic rings. The molecule has 0 aliphatic heterocycles. The van der Waals surface area contributed by atoms with Crippen molar-refractivity contribution in [3.8, 4) is 0 Å². The van der Waals surface area contributed by atoms with Crippen molar-refractivity contribution in [3.05, 3.63) is 35.4 Å². The van der Waals surface area contributed by atoms with Crippen LogP contribution in [0.4, 0.5) is 0 Å². The van der Waals surface area contributed by atoms with Crippen LogP contribution >= 0.6 is 12.2 Å². The molecule has 0 saturated heterocycles. The van der Waals surface area contributed by atoms with E-state index in [2.05, 4.69) is 6.92 Å². The summed E-state index contributed by atoms with van der Waals surface area (Å²) in [5, 5.41) is 0. The molecule has 1 saturated carbocycles. The standard InChI is InChI=1S/C17H24N2OS/c1-12-4-3-5-15(10-12)19(2)16(20)11-13-6-8-14(9-7-13)17(18)21/h6-9,12,15H,3-5,10-11H2,1-2H3,(H2,18,21). The molecule has 0 spiro atoms. The topological polar surface area (TPSA) is 46.3 Å². The molecule has 2 rings (SSSR count). The number of rotatable bonds is 4. The van der Waals surface area contributed by atoms with Gasteiger partial charge in [-0.05, 0) is 24.3 Å². The van der Waals surface area contributed by atoms with Gasteiger partial charge in [-0.1, -0.05) is 56.2 Å². The van der Waals surface area contributed by atoms with Crippen LogP contribution in [0, 0.1) is 5.92 Å². The second-order valence-corrected chi connectivity index (χ2v) is 6.61. The molecule has 0 bridgehead atoms. The van der Waals surface area contributed by atoms with Gasteiger partial charge in [0.25, 0.3) is 0 Å². The summed E-state index contributed by atoms with van der Waals surface area (Å²) in [7, 11) is 1.94. The number of carbonyl (C=O) groups is 1. The number of amides is 1. The van der Waals surface area contributed by atoms with Crippen molar-refractivity contribution in [1.29, 1.82) is 0 Å². The number of hydrogen-bond donors (Lipinski definition) is 1. The zero-order valence-corrected chi connectivity index (χ0v) is 13.7. The first-order valence-electron chi connectivity index (χ1n) is 7.61. The van der Waals surface area contributed by atoms with Gasteiger partial charge < -0.3 is 10.6 Å². The van der Waals surface area contributed by atoms with Gasteiger partial charge in [-0.2, -0.15) is 0 Å². The number of hydrogen-bond acceptors (Lipinski definition) is 2. The Hall–Kier alpha value is -1.42. The van der Waals surface area contributed by atoms with Crippen molar-refractivity contribution in [2.75, 3.05) is 7.05 Å². The number of benzene rings is 1. The SMILES string of the molecule is CC1CCCC(N(C)C(=O)Cc2ccc(C(N)=S)cc2)C1. The van der Waals surface area contributed by atoms with Crippen LogP contribution in [0.25, 0.3) is 0 Å². The summed E-state index contributed by atoms with van der Waals surface area (Å²) in [5.41, 5.74) is 7.43. The lowest BCUT2D eigenvalue weighted by atomic mass is 9.86. The highest BCUT2D eigenvalue weighted by Crippen LogP contribution is 2.27. The van der Waals surface area contributed by atoms with Crippen molar-refractivity contribution in [2.45, 2.75) is 45.1 Å². The second-order valence-electron chi connectivity index (χ2n) is 6.17. The molecule has 4 heteroatoms. The minimum absolute atomic E-state index is 0.192. The molecule has 2 unspecified atom stereocenters. The molecule has 1 fully saturated rings. The molecule has 0 heterocycles. The predicted molar refractivity (Wildman–Crippen MR) is 90.2 cm³/mol. The monoisotopic (exact) mass is 304 g/mol. The maximum absolute atomic E-state index is 12.4. The van der Waals surface area contributed by atoms with E-state index in [0.717, 1.165) is 29.9 Å². The fourth-order valence-corrected chi connectivity index (χ4v) is 3.18. The summed E-state index contributed by atoms with van der Waals surface area (Å²) < 4.78 is 0. The number of nitrogens with two attached hydrogens (primary N) is 1. The Balaban J connectivity index is 1.95. The highest BCUT2D eigenvalue weighted by molar-refractivity contribution is 7.80. The summed E-state index contributed by atoms with van der Waals surface area (Å²) in [6, 6.07) is 8.03. The third-order valence-corrected chi connectivity index (χ3v) is 4.68. The summed E-state index contributed by atoms with van der Waals surface area (Å²) in [5.74, 6) is 0.918. The minimum atomic E-state index is 0.192. The zero-order chi connectivity index (χ0) is 15.4. The van der Waals surface area contributed by atoms with Crippen molar-refractivity contribution in [2.24, 2.45) is 11.7 Å². The Kier molecular flexibility index (Phi) is 5.34. The van der Waals surface area contributed by atoms with Gasteiger partial charge in [0, 0.05) is 18.7 Å². The van der Waals surface area contributed by atoms with Gasteiger partial charge in [-0.15, -0.1) is 0 Å². The van der Waals surface area contributed by atoms with E-state index in [4.69, 9.17) is 18.0 Å². The Bertz CT molecular complexity index is 512. The van der Waals surface area contributed by atoms with Crippen LogP contribution in [0.3, 0.4) is 0 Å². The molecule has 21 heavy (non-hydrogen) atoms. The van der Waals surface area contributed by atoms with Crippen molar-refractivity contribution in [1.82, 2.24) is 4.90 Å². The van der Waals surface area contributed by atoms with E-state index < -0.39 is 0 Å². The van der Waals surface area contributed by atoms with Gasteiger partial charge in [-0.3, -0.25) is 4.79 Å². The third kappa shape index (κ3) is 4.27. The van der Waals surface area contributed by atoms with Crippen molar-refractivity contribution in [3.63, 3.8) is 0 Å². The van der Waals surface area contributed by atoms with E-state index in [-0.39, 0.29) is 5.91 Å². The number of likely N-dealkylation sites (N-methyl/N-ethyl adjacent to an activating group) is 1. The lowest BCUT2D eigenvalue weighted by Crippen LogP contribution is -2.40. The molecule has 114 valence electrons.